The second-order valence-corrected chi connectivity index (χ2v) is 7.47. The van der Waals surface area contributed by atoms with Crippen LogP contribution < -0.4 is 5.43 Å². The van der Waals surface area contributed by atoms with Crippen LogP contribution in [0.4, 0.5) is 0 Å². The highest BCUT2D eigenvalue weighted by atomic mass is 32.1. The van der Waals surface area contributed by atoms with Crippen molar-refractivity contribution in [2.24, 2.45) is 5.92 Å². The molecular formula is C17H20N2O2S. The Morgan fingerprint density at radius 3 is 2.82 bits per heavy atom. The predicted octanol–water partition coefficient (Wildman–Crippen LogP) is 2.85. The molecule has 0 N–H and O–H groups in total. The average Bonchev–Trinajstić information content (AvgIpc) is 3.41. The maximum Gasteiger partial charge on any atom is 0.243 e. The molecule has 0 spiro atoms. The molecule has 2 aliphatic carbocycles. The van der Waals surface area contributed by atoms with Gasteiger partial charge in [0.25, 0.3) is 0 Å². The van der Waals surface area contributed by atoms with Crippen molar-refractivity contribution in [2.45, 2.75) is 51.2 Å². The first-order valence-corrected chi connectivity index (χ1v) is 8.91. The number of aromatic nitrogens is 1. The summed E-state index contributed by atoms with van der Waals surface area (Å²) in [6.45, 7) is 2.53. The largest absolute Gasteiger partial charge is 0.337 e. The minimum Gasteiger partial charge on any atom is -0.337 e. The van der Waals surface area contributed by atoms with E-state index in [1.807, 2.05) is 16.0 Å². The van der Waals surface area contributed by atoms with Crippen LogP contribution in [-0.4, -0.2) is 27.5 Å². The second kappa shape index (κ2) is 5.23. The Balaban J connectivity index is 1.60. The zero-order chi connectivity index (χ0) is 15.3. The van der Waals surface area contributed by atoms with Gasteiger partial charge in [-0.2, -0.15) is 0 Å². The average molecular weight is 316 g/mol. The molecule has 1 atom stereocenters. The molecule has 0 radical (unpaired) electrons. The first-order chi connectivity index (χ1) is 10.6. The van der Waals surface area contributed by atoms with E-state index in [-0.39, 0.29) is 11.3 Å². The Labute approximate surface area is 133 Å². The van der Waals surface area contributed by atoms with Crippen LogP contribution in [0.2, 0.25) is 0 Å². The van der Waals surface area contributed by atoms with Gasteiger partial charge in [-0.1, -0.05) is 0 Å². The maximum atomic E-state index is 12.8. The quantitative estimate of drug-likeness (QED) is 0.851. The fourth-order valence-corrected chi connectivity index (χ4v) is 4.14. The van der Waals surface area contributed by atoms with Crippen LogP contribution in [0, 0.1) is 5.92 Å². The number of thiophene rings is 1. The molecule has 2 saturated carbocycles. The molecule has 0 saturated heterocycles. The molecule has 0 bridgehead atoms. The topological polar surface area (TPSA) is 42.3 Å². The smallest absolute Gasteiger partial charge is 0.243 e. The third kappa shape index (κ3) is 2.47. The van der Waals surface area contributed by atoms with Gasteiger partial charge in [0.15, 0.2) is 5.43 Å². The van der Waals surface area contributed by atoms with Crippen molar-refractivity contribution < 1.29 is 4.79 Å². The monoisotopic (exact) mass is 316 g/mol. The van der Waals surface area contributed by atoms with Crippen LogP contribution in [0.25, 0.3) is 10.2 Å². The van der Waals surface area contributed by atoms with Crippen LogP contribution in [0.3, 0.4) is 0 Å². The Morgan fingerprint density at radius 2 is 2.14 bits per heavy atom. The molecule has 0 aliphatic heterocycles. The molecule has 1 amide bonds. The van der Waals surface area contributed by atoms with E-state index in [2.05, 4.69) is 11.8 Å². The lowest BCUT2D eigenvalue weighted by Gasteiger charge is -2.30. The Morgan fingerprint density at radius 1 is 1.36 bits per heavy atom. The number of rotatable bonds is 5. The van der Waals surface area contributed by atoms with Gasteiger partial charge in [-0.25, -0.2) is 0 Å². The third-order valence-electron chi connectivity index (χ3n) is 4.86. The van der Waals surface area contributed by atoms with Crippen LogP contribution >= 0.6 is 11.3 Å². The fourth-order valence-electron chi connectivity index (χ4n) is 3.31. The lowest BCUT2D eigenvalue weighted by atomic mass is 10.1. The van der Waals surface area contributed by atoms with E-state index in [4.69, 9.17) is 0 Å². The van der Waals surface area contributed by atoms with Crippen molar-refractivity contribution >= 4 is 27.5 Å². The SMILES string of the molecule is C[C@@H](C1CC1)N(C(=O)Cn1ccc(=O)c2sccc21)C1CC1. The molecule has 4 nitrogen and oxygen atoms in total. The summed E-state index contributed by atoms with van der Waals surface area (Å²) < 4.78 is 2.66. The Bertz CT molecular complexity index is 770. The molecule has 2 fully saturated rings. The van der Waals surface area contributed by atoms with Gasteiger partial charge in [-0.15, -0.1) is 11.3 Å². The summed E-state index contributed by atoms with van der Waals surface area (Å²) in [5.41, 5.74) is 0.916. The first kappa shape index (κ1) is 14.0. The van der Waals surface area contributed by atoms with Crippen molar-refractivity contribution in [1.82, 2.24) is 9.47 Å². The molecule has 5 heteroatoms. The van der Waals surface area contributed by atoms with Crippen LogP contribution in [0.5, 0.6) is 0 Å². The molecule has 116 valence electrons. The number of hydrogen-bond acceptors (Lipinski definition) is 3. The number of hydrogen-bond donors (Lipinski definition) is 0. The highest BCUT2D eigenvalue weighted by molar-refractivity contribution is 7.17. The molecule has 2 aliphatic rings. The van der Waals surface area contributed by atoms with E-state index >= 15 is 0 Å². The number of fused-ring (bicyclic) bond motifs is 1. The van der Waals surface area contributed by atoms with Gasteiger partial charge in [-0.3, -0.25) is 9.59 Å². The summed E-state index contributed by atoms with van der Waals surface area (Å²) in [5, 5.41) is 1.92. The van der Waals surface area contributed by atoms with E-state index in [1.165, 1.54) is 24.2 Å². The zero-order valence-electron chi connectivity index (χ0n) is 12.7. The van der Waals surface area contributed by atoms with Gasteiger partial charge in [-0.05, 0) is 50.0 Å². The molecular weight excluding hydrogens is 296 g/mol. The molecule has 0 unspecified atom stereocenters. The van der Waals surface area contributed by atoms with Crippen molar-refractivity contribution in [3.05, 3.63) is 33.9 Å². The standard InChI is InChI=1S/C17H20N2O2S/c1-11(12-2-3-12)19(13-4-5-13)16(21)10-18-8-6-15(20)17-14(18)7-9-22-17/h6-9,11-13H,2-5,10H2,1H3/t11-/m0/s1. The molecule has 2 heterocycles. The van der Waals surface area contributed by atoms with Gasteiger partial charge in [0.1, 0.15) is 6.54 Å². The molecule has 2 aromatic rings. The van der Waals surface area contributed by atoms with E-state index in [0.29, 0.717) is 24.5 Å². The molecule has 2 aromatic heterocycles. The van der Waals surface area contributed by atoms with Crippen LogP contribution in [0.15, 0.2) is 28.5 Å². The maximum absolute atomic E-state index is 12.8. The molecule has 4 rings (SSSR count). The predicted molar refractivity (Wildman–Crippen MR) is 88.1 cm³/mol. The summed E-state index contributed by atoms with van der Waals surface area (Å²) in [4.78, 5) is 26.8. The van der Waals surface area contributed by atoms with Gasteiger partial charge in [0.05, 0.1) is 10.2 Å². The normalized spacial score (nSPS) is 19.3. The number of pyridine rings is 1. The lowest BCUT2D eigenvalue weighted by molar-refractivity contribution is -0.134. The number of carbonyl (C=O) groups excluding carboxylic acids is 1. The van der Waals surface area contributed by atoms with Gasteiger partial charge < -0.3 is 9.47 Å². The number of carbonyl (C=O) groups is 1. The van der Waals surface area contributed by atoms with Gasteiger partial charge in [0, 0.05) is 24.3 Å². The van der Waals surface area contributed by atoms with Crippen molar-refractivity contribution in [3.63, 3.8) is 0 Å². The first-order valence-electron chi connectivity index (χ1n) is 8.03. The minimum absolute atomic E-state index is 0.0408. The van der Waals surface area contributed by atoms with Gasteiger partial charge in [0.2, 0.25) is 5.91 Å². The van der Waals surface area contributed by atoms with E-state index in [9.17, 15) is 9.59 Å². The van der Waals surface area contributed by atoms with Crippen molar-refractivity contribution in [3.8, 4) is 0 Å². The van der Waals surface area contributed by atoms with E-state index in [0.717, 1.165) is 23.1 Å². The number of amides is 1. The Hall–Kier alpha value is -1.62. The minimum atomic E-state index is 0.0408. The number of nitrogens with zero attached hydrogens (tertiary/aromatic N) is 2. The van der Waals surface area contributed by atoms with Crippen LogP contribution in [-0.2, 0) is 11.3 Å². The van der Waals surface area contributed by atoms with Crippen molar-refractivity contribution in [1.29, 1.82) is 0 Å². The fraction of sp³-hybridized carbons (Fsp3) is 0.529. The third-order valence-corrected chi connectivity index (χ3v) is 5.78. The van der Waals surface area contributed by atoms with E-state index < -0.39 is 0 Å². The van der Waals surface area contributed by atoms with Crippen molar-refractivity contribution in [2.75, 3.05) is 0 Å². The molecule has 22 heavy (non-hydrogen) atoms. The van der Waals surface area contributed by atoms with Crippen LogP contribution in [0.1, 0.15) is 32.6 Å². The summed E-state index contributed by atoms with van der Waals surface area (Å²) in [5.74, 6) is 0.887. The molecule has 0 aromatic carbocycles. The summed E-state index contributed by atoms with van der Waals surface area (Å²) >= 11 is 1.45. The van der Waals surface area contributed by atoms with Gasteiger partial charge >= 0.3 is 0 Å². The highest BCUT2D eigenvalue weighted by Gasteiger charge is 2.41. The second-order valence-electron chi connectivity index (χ2n) is 6.55. The van der Waals surface area contributed by atoms with E-state index in [1.54, 1.807) is 12.3 Å². The zero-order valence-corrected chi connectivity index (χ0v) is 13.5. The Kier molecular flexibility index (Phi) is 3.33. The summed E-state index contributed by atoms with van der Waals surface area (Å²) in [7, 11) is 0. The summed E-state index contributed by atoms with van der Waals surface area (Å²) in [6.07, 6.45) is 6.54. The lowest BCUT2D eigenvalue weighted by Crippen LogP contribution is -2.43. The highest BCUT2D eigenvalue weighted by Crippen LogP contribution is 2.39. The summed E-state index contributed by atoms with van der Waals surface area (Å²) in [6, 6.07) is 4.30.